The third-order valence-electron chi connectivity index (χ3n) is 0. The van der Waals surface area contributed by atoms with Crippen molar-refractivity contribution in [3.05, 3.63) is 0 Å². The summed E-state index contributed by atoms with van der Waals surface area (Å²) >= 11 is 0. The van der Waals surface area contributed by atoms with Crippen molar-refractivity contribution in [1.82, 2.24) is 0 Å². The Bertz CT molecular complexity index is 62.0. The summed E-state index contributed by atoms with van der Waals surface area (Å²) in [6, 6.07) is 0. The molecule has 0 aliphatic carbocycles. The molecule has 0 aromatic heterocycles. The van der Waals surface area contributed by atoms with E-state index in [1.165, 1.54) is 0 Å². The van der Waals surface area contributed by atoms with Crippen molar-refractivity contribution < 1.29 is 28.7 Å². The molecule has 10 heteroatoms. The van der Waals surface area contributed by atoms with Gasteiger partial charge in [0.25, 0.3) is 0 Å². The van der Waals surface area contributed by atoms with Crippen molar-refractivity contribution in [2.24, 2.45) is 0 Å². The van der Waals surface area contributed by atoms with E-state index in [0.717, 1.165) is 0 Å². The fraction of sp³-hybridized carbons (Fsp3) is 0. The van der Waals surface area contributed by atoms with Gasteiger partial charge in [-0.3, -0.25) is 4.46 Å². The van der Waals surface area contributed by atoms with Gasteiger partial charge in [0.2, 0.25) is 0 Å². The van der Waals surface area contributed by atoms with Gasteiger partial charge < -0.3 is 24.3 Å². The van der Waals surface area contributed by atoms with Crippen molar-refractivity contribution in [3.63, 3.8) is 0 Å². The van der Waals surface area contributed by atoms with Gasteiger partial charge in [-0.15, -0.1) is 0 Å². The van der Waals surface area contributed by atoms with E-state index < -0.39 is 17.8 Å². The Morgan fingerprint density at radius 1 is 1.10 bits per heavy atom. The summed E-state index contributed by atoms with van der Waals surface area (Å²) in [5, 5.41) is 0. The topological polar surface area (TPSA) is 118 Å². The first-order chi connectivity index (χ1) is 3.46. The molecule has 0 aliphatic rings. The minimum Gasteiger partial charge on any atom is 0.316 e. The van der Waals surface area contributed by atoms with Crippen LogP contribution in [0.1, 0.15) is 0 Å². The Hall–Kier alpha value is 1.95. The fourth-order valence-corrected chi connectivity index (χ4v) is 0. The fourth-order valence-electron chi connectivity index (χ4n) is 0. The predicted octanol–water partition coefficient (Wildman–Crippen LogP) is -4.26. The van der Waals surface area contributed by atoms with Gasteiger partial charge in [-0.05, 0) is 0 Å². The van der Waals surface area contributed by atoms with Gasteiger partial charge in [0.1, 0.15) is 0 Å². The van der Waals surface area contributed by atoms with E-state index in [2.05, 4.69) is 0 Å². The van der Waals surface area contributed by atoms with Crippen LogP contribution in [0.2, 0.25) is 0 Å². The zero-order valence-electron chi connectivity index (χ0n) is 3.59. The minimum atomic E-state index is -3.13. The van der Waals surface area contributed by atoms with E-state index in [1.54, 1.807) is 0 Å². The first-order valence-electron chi connectivity index (χ1n) is 1.25. The van der Waals surface area contributed by atoms with Crippen LogP contribution in [-0.4, -0.2) is 94.2 Å². The molecule has 0 heterocycles. The summed E-state index contributed by atoms with van der Waals surface area (Å²) in [7, 11) is -5.75. The van der Waals surface area contributed by atoms with Gasteiger partial charge in [-0.2, -0.15) is 0 Å². The smallest absolute Gasteiger partial charge is 0.316 e. The van der Waals surface area contributed by atoms with Crippen LogP contribution in [0.3, 0.4) is 0 Å². The van der Waals surface area contributed by atoms with Crippen molar-refractivity contribution in [1.29, 1.82) is 0 Å². The molecular formula is H9CaMgO6PSi. The second-order valence-electron chi connectivity index (χ2n) is 0.551. The van der Waals surface area contributed by atoms with E-state index in [4.69, 9.17) is 28.7 Å². The quantitative estimate of drug-likeness (QED) is 0.212. The molecular weight excluding hydrogens is 219 g/mol. The van der Waals surface area contributed by atoms with Crippen LogP contribution in [0.4, 0.5) is 0 Å². The standard InChI is InChI=1S/Ca.Mg.H3O3P.H2O3Si.4H/c;;2*1-4(2)3;;;;/h;;1-3H;1-2H;;;;. The van der Waals surface area contributed by atoms with Gasteiger partial charge in [-0.25, -0.2) is 0 Å². The van der Waals surface area contributed by atoms with Crippen molar-refractivity contribution in [3.8, 4) is 0 Å². The Morgan fingerprint density at radius 2 is 1.10 bits per heavy atom. The molecule has 0 saturated carbocycles. The third kappa shape index (κ3) is 209. The largest absolute Gasteiger partial charge is 0.316 e. The van der Waals surface area contributed by atoms with E-state index in [9.17, 15) is 0 Å². The molecule has 0 saturated heterocycles. The van der Waals surface area contributed by atoms with E-state index in [0.29, 0.717) is 0 Å². The molecule has 0 spiro atoms. The first kappa shape index (κ1) is 22.7. The summed E-state index contributed by atoms with van der Waals surface area (Å²) in [5.41, 5.74) is 0. The molecule has 0 unspecified atom stereocenters. The van der Waals surface area contributed by atoms with E-state index in [1.807, 2.05) is 0 Å². The van der Waals surface area contributed by atoms with Crippen LogP contribution in [0, 0.1) is 0 Å². The maximum absolute atomic E-state index is 8.74. The third-order valence-corrected chi connectivity index (χ3v) is 0. The normalized spacial score (nSPS) is 6.00. The van der Waals surface area contributed by atoms with Crippen LogP contribution >= 0.6 is 8.60 Å². The van der Waals surface area contributed by atoms with E-state index in [-0.39, 0.29) is 60.8 Å². The summed E-state index contributed by atoms with van der Waals surface area (Å²) in [5.74, 6) is 0. The average Bonchev–Trinajstić information content (AvgIpc) is 1.25. The molecule has 58 valence electrons. The predicted molar refractivity (Wildman–Crippen MR) is 41.5 cm³/mol. The Kier molecular flexibility index (Phi) is 38.9. The summed E-state index contributed by atoms with van der Waals surface area (Å²) in [6.07, 6.45) is 0. The maximum Gasteiger partial charge on any atom is 0.316 e. The number of hydrogen-bond donors (Lipinski definition) is 5. The van der Waals surface area contributed by atoms with E-state index >= 15 is 0 Å². The summed E-state index contributed by atoms with van der Waals surface area (Å²) < 4.78 is 8.74. The van der Waals surface area contributed by atoms with Gasteiger partial charge in [0.05, 0.1) is 0 Å². The average molecular weight is 229 g/mol. The molecule has 0 fully saturated rings. The Morgan fingerprint density at radius 3 is 1.10 bits per heavy atom. The monoisotopic (exact) mass is 228 g/mol. The van der Waals surface area contributed by atoms with Crippen LogP contribution in [0.5, 0.6) is 0 Å². The van der Waals surface area contributed by atoms with Crippen LogP contribution in [0.15, 0.2) is 0 Å². The molecule has 0 aromatic rings. The van der Waals surface area contributed by atoms with Gasteiger partial charge >= 0.3 is 78.6 Å². The Labute approximate surface area is 106 Å². The zero-order chi connectivity index (χ0) is 7.15. The van der Waals surface area contributed by atoms with Crippen molar-refractivity contribution >= 4 is 78.6 Å². The molecule has 0 bridgehead atoms. The van der Waals surface area contributed by atoms with Gasteiger partial charge in [0.15, 0.2) is 0 Å². The molecule has 0 radical (unpaired) electrons. The summed E-state index contributed by atoms with van der Waals surface area (Å²) in [4.78, 5) is 36.0. The zero-order valence-corrected chi connectivity index (χ0v) is 5.49. The molecule has 0 aromatic carbocycles. The minimum absolute atomic E-state index is 0. The molecule has 0 amide bonds. The van der Waals surface area contributed by atoms with Gasteiger partial charge in [-0.1, -0.05) is 0 Å². The molecule has 5 N–H and O–H groups in total. The first-order valence-corrected chi connectivity index (χ1v) is 3.75. The molecule has 0 rings (SSSR count). The summed E-state index contributed by atoms with van der Waals surface area (Å²) in [6.45, 7) is 0. The van der Waals surface area contributed by atoms with Crippen LogP contribution in [0.25, 0.3) is 0 Å². The van der Waals surface area contributed by atoms with Crippen molar-refractivity contribution in [2.75, 3.05) is 0 Å². The second kappa shape index (κ2) is 17.2. The molecule has 10 heavy (non-hydrogen) atoms. The number of rotatable bonds is 0. The Balaban J connectivity index is -0.0000000300. The van der Waals surface area contributed by atoms with Crippen LogP contribution < -0.4 is 0 Å². The molecule has 0 aliphatic heterocycles. The van der Waals surface area contributed by atoms with Crippen LogP contribution in [-0.2, 0) is 4.46 Å². The second-order valence-corrected chi connectivity index (χ2v) is 1.65. The number of hydrogen-bond acceptors (Lipinski definition) is 4. The SMILES string of the molecule is O=[Si](O)O.OP(O)O.[CaH2].[MgH2]. The van der Waals surface area contributed by atoms with Crippen molar-refractivity contribution in [2.45, 2.75) is 0 Å². The molecule has 0 atom stereocenters. The maximum atomic E-state index is 8.74. The van der Waals surface area contributed by atoms with Gasteiger partial charge in [0, 0.05) is 0 Å². The molecule has 6 nitrogen and oxygen atoms in total.